The quantitative estimate of drug-likeness (QED) is 0.528. The summed E-state index contributed by atoms with van der Waals surface area (Å²) in [5, 5.41) is 33.5. The number of benzene rings is 1. The number of aliphatic hydroxyl groups is 1. The number of anilines is 2. The Balaban J connectivity index is 2.41. The van der Waals surface area contributed by atoms with Crippen molar-refractivity contribution in [3.8, 4) is 6.07 Å². The topological polar surface area (TPSA) is 144 Å². The van der Waals surface area contributed by atoms with E-state index in [0.717, 1.165) is 11.3 Å². The number of aromatic nitrogens is 1. The van der Waals surface area contributed by atoms with Gasteiger partial charge in [0.05, 0.1) is 0 Å². The normalized spacial score (nSPS) is 12.9. The van der Waals surface area contributed by atoms with Crippen molar-refractivity contribution in [1.29, 1.82) is 5.26 Å². The maximum absolute atomic E-state index is 12.5. The van der Waals surface area contributed by atoms with E-state index in [0.29, 0.717) is 11.4 Å². The molecule has 2 rings (SSSR count). The van der Waals surface area contributed by atoms with Crippen molar-refractivity contribution in [1.82, 2.24) is 4.57 Å². The fraction of sp³-hybridized carbons (Fsp3) is 0.263. The Morgan fingerprint density at radius 3 is 2.55 bits per heavy atom. The number of thiazole rings is 1. The Hall–Kier alpha value is -3.42. The van der Waals surface area contributed by atoms with Gasteiger partial charge >= 0.3 is 5.97 Å². The summed E-state index contributed by atoms with van der Waals surface area (Å²) < 4.78 is 1.53. The molecule has 10 heteroatoms. The summed E-state index contributed by atoms with van der Waals surface area (Å²) in [7, 11) is 0. The third-order valence-electron chi connectivity index (χ3n) is 3.81. The summed E-state index contributed by atoms with van der Waals surface area (Å²) in [6.45, 7) is 4.64. The highest BCUT2D eigenvalue weighted by atomic mass is 32.1. The van der Waals surface area contributed by atoms with Crippen LogP contribution in [0.25, 0.3) is 11.8 Å². The first-order chi connectivity index (χ1) is 13.6. The number of carboxylic acid groups (broad SMARTS) is 1. The number of carbonyl (C=O) groups excluding carboxylic acids is 1. The molecule has 0 fully saturated rings. The van der Waals surface area contributed by atoms with E-state index in [1.165, 1.54) is 24.6 Å². The number of nitrogens with zero attached hydrogens (tertiary/aromatic N) is 2. The fourth-order valence-corrected chi connectivity index (χ4v) is 3.38. The van der Waals surface area contributed by atoms with Crippen LogP contribution in [0, 0.1) is 11.3 Å². The second-order valence-corrected chi connectivity index (χ2v) is 7.53. The van der Waals surface area contributed by atoms with Crippen molar-refractivity contribution >= 4 is 46.4 Å². The van der Waals surface area contributed by atoms with Crippen molar-refractivity contribution in [3.05, 3.63) is 43.8 Å². The van der Waals surface area contributed by atoms with Crippen molar-refractivity contribution in [2.24, 2.45) is 0 Å². The predicted molar refractivity (Wildman–Crippen MR) is 110 cm³/mol. The standard InChI is InChI=1S/C19H20N4O5S/c1-4-23-15(24)14(29-16(23)13(9-20)17(25)26)10-21-11-6-5-7-12(8-11)22-18(27)19(2,3)28/h5-8,10,21,28H,4H2,1-3H3,(H,22,27)(H,25,26)/b14-10+,16-13-. The van der Waals surface area contributed by atoms with Gasteiger partial charge in [0.15, 0.2) is 5.57 Å². The number of nitrogens with one attached hydrogen (secondary N) is 2. The number of amides is 1. The molecular weight excluding hydrogens is 396 g/mol. The molecular formula is C19H20N4O5S. The van der Waals surface area contributed by atoms with Crippen LogP contribution in [0.4, 0.5) is 11.4 Å². The van der Waals surface area contributed by atoms with Crippen molar-refractivity contribution < 1.29 is 19.8 Å². The Bertz CT molecular complexity index is 1160. The molecule has 0 aliphatic rings. The van der Waals surface area contributed by atoms with Crippen LogP contribution in [0.1, 0.15) is 20.8 Å². The highest BCUT2D eigenvalue weighted by Crippen LogP contribution is 2.16. The molecule has 1 heterocycles. The van der Waals surface area contributed by atoms with Gasteiger partial charge in [0, 0.05) is 24.1 Å². The maximum Gasteiger partial charge on any atom is 0.349 e. The summed E-state index contributed by atoms with van der Waals surface area (Å²) in [6, 6.07) is 8.24. The van der Waals surface area contributed by atoms with E-state index in [9.17, 15) is 19.5 Å². The average Bonchev–Trinajstić information content (AvgIpc) is 2.95. The fourth-order valence-electron chi connectivity index (χ4n) is 2.30. The summed E-state index contributed by atoms with van der Waals surface area (Å²) in [5.74, 6) is -1.97. The lowest BCUT2D eigenvalue weighted by molar-refractivity contribution is -0.131. The molecule has 1 amide bonds. The zero-order chi connectivity index (χ0) is 21.8. The van der Waals surface area contributed by atoms with Gasteiger partial charge < -0.3 is 20.8 Å². The van der Waals surface area contributed by atoms with Gasteiger partial charge in [-0.15, -0.1) is 11.3 Å². The van der Waals surface area contributed by atoms with Gasteiger partial charge in [0.2, 0.25) is 0 Å². The van der Waals surface area contributed by atoms with Crippen LogP contribution in [0.15, 0.2) is 29.1 Å². The lowest BCUT2D eigenvalue weighted by Gasteiger charge is -2.16. The Morgan fingerprint density at radius 1 is 1.34 bits per heavy atom. The first-order valence-corrected chi connectivity index (χ1v) is 9.38. The SMILES string of the molecule is CCn1c(=O)/c(=C\Nc2cccc(NC(=O)C(C)(C)O)c2)s/c1=C(/C#N)C(=O)O. The molecule has 0 bridgehead atoms. The van der Waals surface area contributed by atoms with E-state index in [1.807, 2.05) is 0 Å². The molecule has 2 aromatic rings. The minimum atomic E-state index is -1.53. The molecule has 4 N–H and O–H groups in total. The van der Waals surface area contributed by atoms with E-state index >= 15 is 0 Å². The van der Waals surface area contributed by atoms with E-state index < -0.39 is 28.6 Å². The monoisotopic (exact) mass is 416 g/mol. The van der Waals surface area contributed by atoms with Crippen LogP contribution in [0.2, 0.25) is 0 Å². The summed E-state index contributed by atoms with van der Waals surface area (Å²) in [6.07, 6.45) is 1.41. The van der Waals surface area contributed by atoms with Crippen LogP contribution in [-0.4, -0.2) is 32.3 Å². The van der Waals surface area contributed by atoms with Gasteiger partial charge in [-0.3, -0.25) is 14.2 Å². The average molecular weight is 416 g/mol. The summed E-state index contributed by atoms with van der Waals surface area (Å²) >= 11 is 0.898. The van der Waals surface area contributed by atoms with Crippen LogP contribution < -0.4 is 25.4 Å². The molecule has 1 aromatic heterocycles. The third-order valence-corrected chi connectivity index (χ3v) is 4.94. The zero-order valence-corrected chi connectivity index (χ0v) is 16.8. The van der Waals surface area contributed by atoms with Crippen LogP contribution in [0.5, 0.6) is 0 Å². The first kappa shape index (κ1) is 21.9. The number of rotatable bonds is 6. The third kappa shape index (κ3) is 5.10. The van der Waals surface area contributed by atoms with Gasteiger partial charge in [0.1, 0.15) is 20.9 Å². The van der Waals surface area contributed by atoms with Gasteiger partial charge in [-0.05, 0) is 39.0 Å². The predicted octanol–water partition coefficient (Wildman–Crippen LogP) is 0.248. The second kappa shape index (κ2) is 8.72. The van der Waals surface area contributed by atoms with Gasteiger partial charge in [-0.2, -0.15) is 5.26 Å². The largest absolute Gasteiger partial charge is 0.477 e. The van der Waals surface area contributed by atoms with Crippen molar-refractivity contribution in [2.75, 3.05) is 10.6 Å². The second-order valence-electron chi connectivity index (χ2n) is 6.50. The molecule has 0 unspecified atom stereocenters. The molecule has 1 aromatic carbocycles. The molecule has 0 saturated heterocycles. The minimum absolute atomic E-state index is 0.0757. The Morgan fingerprint density at radius 2 is 2.00 bits per heavy atom. The highest BCUT2D eigenvalue weighted by molar-refractivity contribution is 7.07. The van der Waals surface area contributed by atoms with E-state index in [4.69, 9.17) is 10.4 Å². The van der Waals surface area contributed by atoms with Crippen molar-refractivity contribution in [3.63, 3.8) is 0 Å². The van der Waals surface area contributed by atoms with E-state index in [-0.39, 0.29) is 15.7 Å². The molecule has 0 saturated carbocycles. The number of hydrogen-bond acceptors (Lipinski definition) is 7. The first-order valence-electron chi connectivity index (χ1n) is 8.56. The number of hydrogen-bond donors (Lipinski definition) is 4. The lowest BCUT2D eigenvalue weighted by Crippen LogP contribution is -2.36. The number of carboxylic acids is 1. The lowest BCUT2D eigenvalue weighted by atomic mass is 10.1. The van der Waals surface area contributed by atoms with Crippen LogP contribution in [-0.2, 0) is 16.1 Å². The Labute approximate surface area is 169 Å². The van der Waals surface area contributed by atoms with Crippen LogP contribution in [0.3, 0.4) is 0 Å². The summed E-state index contributed by atoms with van der Waals surface area (Å²) in [5.41, 5.74) is -1.45. The molecule has 0 atom stereocenters. The number of carbonyl (C=O) groups is 2. The van der Waals surface area contributed by atoms with E-state index in [2.05, 4.69) is 10.6 Å². The van der Waals surface area contributed by atoms with Gasteiger partial charge in [-0.1, -0.05) is 6.07 Å². The molecule has 0 aliphatic carbocycles. The van der Waals surface area contributed by atoms with Crippen molar-refractivity contribution in [2.45, 2.75) is 32.9 Å². The Kier molecular flexibility index (Phi) is 6.58. The zero-order valence-electron chi connectivity index (χ0n) is 16.0. The van der Waals surface area contributed by atoms with Gasteiger partial charge in [0.25, 0.3) is 11.5 Å². The molecule has 0 radical (unpaired) electrons. The molecule has 9 nitrogen and oxygen atoms in total. The molecule has 0 spiro atoms. The molecule has 0 aliphatic heterocycles. The molecule has 152 valence electrons. The highest BCUT2D eigenvalue weighted by Gasteiger charge is 2.23. The minimum Gasteiger partial charge on any atom is -0.477 e. The smallest absolute Gasteiger partial charge is 0.349 e. The van der Waals surface area contributed by atoms with Gasteiger partial charge in [-0.25, -0.2) is 4.79 Å². The maximum atomic E-state index is 12.5. The number of nitriles is 1. The van der Waals surface area contributed by atoms with Crippen LogP contribution >= 0.6 is 11.3 Å². The van der Waals surface area contributed by atoms with E-state index in [1.54, 1.807) is 37.3 Å². The number of aliphatic carboxylic acids is 1. The summed E-state index contributed by atoms with van der Waals surface area (Å²) in [4.78, 5) is 35.6. The molecule has 29 heavy (non-hydrogen) atoms.